The Balaban J connectivity index is 1.53. The van der Waals surface area contributed by atoms with Crippen LogP contribution in [-0.2, 0) is 14.3 Å². The molecule has 0 radical (unpaired) electrons. The van der Waals surface area contributed by atoms with E-state index in [2.05, 4.69) is 10.6 Å². The number of imide groups is 1. The van der Waals surface area contributed by atoms with Gasteiger partial charge in [-0.05, 0) is 69.3 Å². The van der Waals surface area contributed by atoms with Gasteiger partial charge < -0.3 is 20.1 Å². The second-order valence-electron chi connectivity index (χ2n) is 8.73. The van der Waals surface area contributed by atoms with E-state index in [0.29, 0.717) is 29.3 Å². The van der Waals surface area contributed by atoms with Gasteiger partial charge in [0.1, 0.15) is 16.5 Å². The maximum atomic E-state index is 13.2. The maximum Gasteiger partial charge on any atom is 0.338 e. The summed E-state index contributed by atoms with van der Waals surface area (Å²) in [4.78, 5) is 52.3. The van der Waals surface area contributed by atoms with Crippen LogP contribution < -0.4 is 20.3 Å². The number of anilines is 3. The molecule has 200 valence electrons. The molecule has 3 amide bonds. The Hall–Kier alpha value is -4.63. The fourth-order valence-electron chi connectivity index (χ4n) is 3.83. The van der Waals surface area contributed by atoms with E-state index >= 15 is 0 Å². The molecule has 0 spiro atoms. The van der Waals surface area contributed by atoms with Gasteiger partial charge in [0.05, 0.1) is 29.6 Å². The zero-order chi connectivity index (χ0) is 28.1. The molecular formula is C29H26ClN3O6. The quantitative estimate of drug-likeness (QED) is 0.274. The van der Waals surface area contributed by atoms with Gasteiger partial charge in [0.15, 0.2) is 0 Å². The predicted octanol–water partition coefficient (Wildman–Crippen LogP) is 5.34. The number of benzene rings is 3. The van der Waals surface area contributed by atoms with Gasteiger partial charge in [-0.1, -0.05) is 35.9 Å². The number of nitrogens with zero attached hydrogens (tertiary/aromatic N) is 1. The van der Waals surface area contributed by atoms with Crippen LogP contribution in [0.4, 0.5) is 17.1 Å². The molecule has 3 aromatic carbocycles. The van der Waals surface area contributed by atoms with Crippen molar-refractivity contribution in [1.29, 1.82) is 0 Å². The third-order valence-electron chi connectivity index (χ3n) is 5.54. The van der Waals surface area contributed by atoms with Gasteiger partial charge in [0.2, 0.25) is 0 Å². The van der Waals surface area contributed by atoms with E-state index in [-0.39, 0.29) is 28.1 Å². The molecule has 0 saturated heterocycles. The third kappa shape index (κ3) is 6.10. The van der Waals surface area contributed by atoms with Crippen molar-refractivity contribution >= 4 is 52.4 Å². The van der Waals surface area contributed by atoms with Gasteiger partial charge in [-0.3, -0.25) is 14.4 Å². The lowest BCUT2D eigenvalue weighted by Gasteiger charge is -2.16. The predicted molar refractivity (Wildman–Crippen MR) is 148 cm³/mol. The summed E-state index contributed by atoms with van der Waals surface area (Å²) >= 11 is 6.27. The van der Waals surface area contributed by atoms with E-state index in [9.17, 15) is 19.2 Å². The zero-order valence-electron chi connectivity index (χ0n) is 21.5. The number of nitrogens with one attached hydrogen (secondary N) is 2. The minimum Gasteiger partial charge on any atom is -0.492 e. The molecule has 0 atom stereocenters. The molecule has 39 heavy (non-hydrogen) atoms. The number of halogens is 1. The molecular weight excluding hydrogens is 522 g/mol. The molecule has 9 nitrogen and oxygen atoms in total. The van der Waals surface area contributed by atoms with Crippen molar-refractivity contribution in [3.63, 3.8) is 0 Å². The van der Waals surface area contributed by atoms with E-state index in [1.54, 1.807) is 56.3 Å². The van der Waals surface area contributed by atoms with Crippen LogP contribution in [0, 0.1) is 0 Å². The number of ether oxygens (including phenoxy) is 2. The molecule has 0 aromatic heterocycles. The third-order valence-corrected chi connectivity index (χ3v) is 5.89. The topological polar surface area (TPSA) is 114 Å². The summed E-state index contributed by atoms with van der Waals surface area (Å²) in [5, 5.41) is 5.36. The van der Waals surface area contributed by atoms with Crippen molar-refractivity contribution in [2.24, 2.45) is 0 Å². The summed E-state index contributed by atoms with van der Waals surface area (Å²) in [6.45, 7) is 5.73. The second-order valence-corrected chi connectivity index (χ2v) is 9.11. The van der Waals surface area contributed by atoms with Crippen molar-refractivity contribution in [3.8, 4) is 5.75 Å². The monoisotopic (exact) mass is 547 g/mol. The van der Waals surface area contributed by atoms with Gasteiger partial charge >= 0.3 is 5.97 Å². The van der Waals surface area contributed by atoms with Crippen LogP contribution in [0.2, 0.25) is 0 Å². The molecule has 1 aliphatic heterocycles. The first-order valence-corrected chi connectivity index (χ1v) is 12.6. The van der Waals surface area contributed by atoms with Crippen molar-refractivity contribution in [1.82, 2.24) is 0 Å². The SMILES string of the molecule is CCOc1ccccc1NC(=O)c1cccc(NC2=C(Cl)C(=O)N(c3cccc(C(=O)OC(C)C)c3)C2=O)c1. The number of hydrogen-bond donors (Lipinski definition) is 2. The highest BCUT2D eigenvalue weighted by atomic mass is 35.5. The molecule has 1 aliphatic rings. The Morgan fingerprint density at radius 1 is 0.923 bits per heavy atom. The van der Waals surface area contributed by atoms with Gasteiger partial charge in [0.25, 0.3) is 17.7 Å². The number of amides is 3. The van der Waals surface area contributed by atoms with E-state index in [1.807, 2.05) is 6.92 Å². The molecule has 10 heteroatoms. The highest BCUT2D eigenvalue weighted by molar-refractivity contribution is 6.53. The molecule has 0 fully saturated rings. The summed E-state index contributed by atoms with van der Waals surface area (Å²) in [6.07, 6.45) is -0.333. The van der Waals surface area contributed by atoms with Gasteiger partial charge in [-0.25, -0.2) is 9.69 Å². The number of hydrogen-bond acceptors (Lipinski definition) is 7. The van der Waals surface area contributed by atoms with Crippen LogP contribution in [0.25, 0.3) is 0 Å². The first kappa shape index (κ1) is 27.4. The smallest absolute Gasteiger partial charge is 0.338 e. The van der Waals surface area contributed by atoms with Crippen molar-refractivity contribution < 1.29 is 28.7 Å². The lowest BCUT2D eigenvalue weighted by atomic mass is 10.1. The standard InChI is InChI=1S/C29H26ClN3O6/c1-4-38-23-14-6-5-13-22(23)32-26(34)18-9-7-11-20(15-18)31-25-24(30)27(35)33(28(25)36)21-12-8-10-19(16-21)29(37)39-17(2)3/h5-17,31H,4H2,1-3H3,(H,32,34). The van der Waals surface area contributed by atoms with E-state index in [1.165, 1.54) is 30.3 Å². The molecule has 3 aromatic rings. The number of esters is 1. The van der Waals surface area contributed by atoms with E-state index in [0.717, 1.165) is 4.90 Å². The Morgan fingerprint density at radius 2 is 1.64 bits per heavy atom. The molecule has 4 rings (SSSR count). The van der Waals surface area contributed by atoms with Crippen LogP contribution in [0.15, 0.2) is 83.5 Å². The molecule has 0 saturated carbocycles. The highest BCUT2D eigenvalue weighted by Crippen LogP contribution is 2.31. The number of carbonyl (C=O) groups excluding carboxylic acids is 4. The van der Waals surface area contributed by atoms with Gasteiger partial charge in [-0.15, -0.1) is 0 Å². The maximum absolute atomic E-state index is 13.2. The Labute approximate surface area is 230 Å². The fraction of sp³-hybridized carbons (Fsp3) is 0.172. The number of carbonyl (C=O) groups is 4. The first-order chi connectivity index (χ1) is 18.7. The summed E-state index contributed by atoms with van der Waals surface area (Å²) < 4.78 is 10.8. The lowest BCUT2D eigenvalue weighted by molar-refractivity contribution is -0.120. The van der Waals surface area contributed by atoms with Crippen molar-refractivity contribution in [3.05, 3.63) is 94.7 Å². The van der Waals surface area contributed by atoms with Crippen molar-refractivity contribution in [2.75, 3.05) is 22.1 Å². The Kier molecular flexibility index (Phi) is 8.31. The summed E-state index contributed by atoms with van der Waals surface area (Å²) in [5.74, 6) is -1.90. The molecule has 1 heterocycles. The number of para-hydroxylation sites is 2. The summed E-state index contributed by atoms with van der Waals surface area (Å²) in [5.41, 5.74) is 1.37. The largest absolute Gasteiger partial charge is 0.492 e. The van der Waals surface area contributed by atoms with E-state index in [4.69, 9.17) is 21.1 Å². The first-order valence-electron chi connectivity index (χ1n) is 12.2. The van der Waals surface area contributed by atoms with Crippen LogP contribution >= 0.6 is 11.6 Å². The highest BCUT2D eigenvalue weighted by Gasteiger charge is 2.39. The average Bonchev–Trinajstić information content (AvgIpc) is 3.12. The van der Waals surface area contributed by atoms with Crippen LogP contribution in [0.5, 0.6) is 5.75 Å². The minimum atomic E-state index is -0.750. The zero-order valence-corrected chi connectivity index (χ0v) is 22.2. The summed E-state index contributed by atoms with van der Waals surface area (Å²) in [6, 6.07) is 19.4. The lowest BCUT2D eigenvalue weighted by Crippen LogP contribution is -2.32. The van der Waals surface area contributed by atoms with Crippen LogP contribution in [-0.4, -0.2) is 36.4 Å². The van der Waals surface area contributed by atoms with Crippen LogP contribution in [0.3, 0.4) is 0 Å². The second kappa shape index (κ2) is 11.8. The molecule has 2 N–H and O–H groups in total. The minimum absolute atomic E-state index is 0.156. The Morgan fingerprint density at radius 3 is 2.38 bits per heavy atom. The van der Waals surface area contributed by atoms with Crippen LogP contribution in [0.1, 0.15) is 41.5 Å². The molecule has 0 unspecified atom stereocenters. The number of rotatable bonds is 9. The van der Waals surface area contributed by atoms with Gasteiger partial charge in [-0.2, -0.15) is 0 Å². The average molecular weight is 548 g/mol. The molecule has 0 aliphatic carbocycles. The van der Waals surface area contributed by atoms with Gasteiger partial charge in [0, 0.05) is 11.3 Å². The van der Waals surface area contributed by atoms with Crippen molar-refractivity contribution in [2.45, 2.75) is 26.9 Å². The fourth-order valence-corrected chi connectivity index (χ4v) is 4.04. The Bertz CT molecular complexity index is 1480. The molecule has 0 bridgehead atoms. The van der Waals surface area contributed by atoms with E-state index < -0.39 is 23.7 Å². The summed E-state index contributed by atoms with van der Waals surface area (Å²) in [7, 11) is 0. The normalized spacial score (nSPS) is 13.1.